The Bertz CT molecular complexity index is 3520. The fourth-order valence-corrected chi connectivity index (χ4v) is 10.7. The zero-order valence-electron chi connectivity index (χ0n) is 46.3. The number of para-hydroxylation sites is 2. The average Bonchev–Trinajstić information content (AvgIpc) is 3.30. The molecule has 8 aromatic rings. The van der Waals surface area contributed by atoms with Gasteiger partial charge >= 0.3 is 23.9 Å². The van der Waals surface area contributed by atoms with Gasteiger partial charge in [0.15, 0.2) is 0 Å². The molecule has 4 amide bonds. The molecule has 0 saturated carbocycles. The van der Waals surface area contributed by atoms with Crippen molar-refractivity contribution in [3.8, 4) is 0 Å². The SMILES string of the molecule is COC(=O)c1ccc(Cl)cc1NC(=O)CCSc1ccccn1.COC(=O)c1ccccc1NC(=O)CSc1ccc(Br)cc1.COC(=O)c1ccccc1NC(=O)CSc1ccccn1.COC(=O)c1ccsc1NC(=O)CSc1ccncc1. The fourth-order valence-electron chi connectivity index (χ4n) is 6.61. The molecule has 4 heterocycles. The summed E-state index contributed by atoms with van der Waals surface area (Å²) in [4.78, 5) is 108. The van der Waals surface area contributed by atoms with Crippen molar-refractivity contribution in [3.05, 3.63) is 208 Å². The molecule has 4 aromatic carbocycles. The van der Waals surface area contributed by atoms with Crippen molar-refractivity contribution in [2.45, 2.75) is 26.3 Å². The molecule has 4 N–H and O–H groups in total. The lowest BCUT2D eigenvalue weighted by molar-refractivity contribution is -0.116. The van der Waals surface area contributed by atoms with Crippen molar-refractivity contribution < 1.29 is 57.3 Å². The Morgan fingerprint density at radius 3 is 1.44 bits per heavy atom. The molecule has 0 aliphatic carbocycles. The van der Waals surface area contributed by atoms with Crippen molar-refractivity contribution in [2.75, 3.05) is 72.7 Å². The van der Waals surface area contributed by atoms with Crippen LogP contribution in [0.15, 0.2) is 200 Å². The van der Waals surface area contributed by atoms with Crippen LogP contribution in [0.4, 0.5) is 22.1 Å². The Morgan fingerprint density at radius 2 is 0.919 bits per heavy atom. The predicted octanol–water partition coefficient (Wildman–Crippen LogP) is 12.9. The van der Waals surface area contributed by atoms with E-state index >= 15 is 0 Å². The number of hydrogen-bond acceptors (Lipinski definition) is 20. The fraction of sp³-hybridized carbons (Fsp3) is 0.150. The summed E-state index contributed by atoms with van der Waals surface area (Å²) in [6.45, 7) is 0. The van der Waals surface area contributed by atoms with Gasteiger partial charge in [-0.3, -0.25) is 24.2 Å². The molecule has 0 saturated heterocycles. The summed E-state index contributed by atoms with van der Waals surface area (Å²) in [5, 5.41) is 15.2. The monoisotopic (exact) mass is 1340 g/mol. The summed E-state index contributed by atoms with van der Waals surface area (Å²) in [7, 11) is 5.21. The molecule has 0 bridgehead atoms. The number of thiophene rings is 1. The number of amides is 4. The standard InChI is InChI=1S/C16H14BrNO3S.C16H15ClN2O3S.C15H14N2O3S.C13H12N2O3S2/c1-21-16(20)13-4-2-3-5-14(13)18-15(19)10-22-12-8-6-11(17)7-9-12;1-22-16(21)12-6-5-11(17)10-13(12)19-14(20)7-9-23-15-4-2-3-8-18-15;1-20-15(19)11-6-2-3-7-12(11)17-13(18)10-21-14-8-4-5-9-16-14;1-18-13(17)10-4-7-19-12(10)15-11(16)8-20-9-2-5-14-6-3-9/h2-9H,10H2,1H3,(H,18,19);2-6,8,10H,7,9H2,1H3,(H,19,20);2-9H,10H2,1H3,(H,17,18);2-7H,8H2,1H3,(H,15,16). The molecular formula is C60H55BrClN7O12S5. The minimum Gasteiger partial charge on any atom is -0.465 e. The number of nitrogens with one attached hydrogen (secondary N) is 4. The van der Waals surface area contributed by atoms with Gasteiger partial charge in [-0.05, 0) is 115 Å². The van der Waals surface area contributed by atoms with Gasteiger partial charge in [0.1, 0.15) is 5.00 Å². The van der Waals surface area contributed by atoms with E-state index in [4.69, 9.17) is 21.1 Å². The average molecular weight is 1340 g/mol. The smallest absolute Gasteiger partial charge is 0.340 e. The Balaban J connectivity index is 0.000000210. The van der Waals surface area contributed by atoms with Gasteiger partial charge in [-0.15, -0.1) is 46.6 Å². The maximum Gasteiger partial charge on any atom is 0.340 e. The molecule has 0 fully saturated rings. The number of methoxy groups -OCH3 is 4. The highest BCUT2D eigenvalue weighted by molar-refractivity contribution is 9.10. The van der Waals surface area contributed by atoms with Gasteiger partial charge in [0.25, 0.3) is 0 Å². The van der Waals surface area contributed by atoms with Crippen LogP contribution in [0, 0.1) is 0 Å². The van der Waals surface area contributed by atoms with Gasteiger partial charge in [-0.25, -0.2) is 29.1 Å². The van der Waals surface area contributed by atoms with Crippen molar-refractivity contribution in [2.24, 2.45) is 0 Å². The quantitative estimate of drug-likeness (QED) is 0.0296. The molecule has 0 unspecified atom stereocenters. The largest absolute Gasteiger partial charge is 0.465 e. The van der Waals surface area contributed by atoms with Crippen LogP contribution in [0.25, 0.3) is 0 Å². The second kappa shape index (κ2) is 38.1. The Morgan fingerprint density at radius 1 is 0.465 bits per heavy atom. The van der Waals surface area contributed by atoms with Crippen LogP contribution < -0.4 is 21.3 Å². The lowest BCUT2D eigenvalue weighted by Gasteiger charge is -2.10. The Labute approximate surface area is 530 Å². The van der Waals surface area contributed by atoms with Crippen molar-refractivity contribution in [1.29, 1.82) is 0 Å². The number of ether oxygens (including phenoxy) is 4. The normalized spacial score (nSPS) is 10.1. The van der Waals surface area contributed by atoms with Gasteiger partial charge in [0.05, 0.1) is 95.1 Å². The first-order valence-electron chi connectivity index (χ1n) is 25.2. The number of aromatic nitrogens is 3. The van der Waals surface area contributed by atoms with E-state index in [1.807, 2.05) is 72.8 Å². The van der Waals surface area contributed by atoms with Gasteiger partial charge < -0.3 is 40.2 Å². The lowest BCUT2D eigenvalue weighted by atomic mass is 10.1. The first-order valence-corrected chi connectivity index (χ1v) is 31.2. The summed E-state index contributed by atoms with van der Waals surface area (Å²) in [5.74, 6) is -1.38. The number of pyridine rings is 3. The number of esters is 4. The van der Waals surface area contributed by atoms with Crippen LogP contribution in [0.2, 0.25) is 5.02 Å². The highest BCUT2D eigenvalue weighted by Crippen LogP contribution is 2.27. The van der Waals surface area contributed by atoms with Crippen LogP contribution in [-0.2, 0) is 38.1 Å². The third kappa shape index (κ3) is 24.5. The van der Waals surface area contributed by atoms with Gasteiger partial charge in [-0.2, -0.15) is 0 Å². The number of nitrogens with zero attached hydrogens (tertiary/aromatic N) is 3. The minimum atomic E-state index is -0.528. The molecule has 0 aliphatic heterocycles. The van der Waals surface area contributed by atoms with Gasteiger partial charge in [-0.1, -0.05) is 75.7 Å². The van der Waals surface area contributed by atoms with E-state index in [2.05, 4.69) is 61.6 Å². The highest BCUT2D eigenvalue weighted by Gasteiger charge is 2.18. The number of thioether (sulfide) groups is 4. The summed E-state index contributed by atoms with van der Waals surface area (Å²) in [5.41, 5.74) is 2.55. The molecule has 0 radical (unpaired) electrons. The molecule has 4 aromatic heterocycles. The van der Waals surface area contributed by atoms with Crippen molar-refractivity contribution in [3.63, 3.8) is 0 Å². The summed E-state index contributed by atoms with van der Waals surface area (Å²) >= 11 is 16.2. The molecule has 0 aliphatic rings. The zero-order valence-corrected chi connectivity index (χ0v) is 52.7. The van der Waals surface area contributed by atoms with Crippen LogP contribution in [0.1, 0.15) is 47.9 Å². The number of hydrogen-bond donors (Lipinski definition) is 4. The molecule has 19 nitrogen and oxygen atoms in total. The van der Waals surface area contributed by atoms with Gasteiger partial charge in [0.2, 0.25) is 23.6 Å². The number of halogens is 2. The number of carbonyl (C=O) groups excluding carboxylic acids is 8. The Kier molecular flexibility index (Phi) is 30.5. The first kappa shape index (κ1) is 68.7. The highest BCUT2D eigenvalue weighted by atomic mass is 79.9. The summed E-state index contributed by atoms with van der Waals surface area (Å²) in [6.07, 6.45) is 7.02. The molecule has 86 heavy (non-hydrogen) atoms. The first-order chi connectivity index (χ1) is 41.6. The second-order valence-corrected chi connectivity index (χ2v) is 23.0. The van der Waals surface area contributed by atoms with E-state index in [0.717, 1.165) is 24.3 Å². The van der Waals surface area contributed by atoms with E-state index in [1.165, 1.54) is 99.0 Å². The molecule has 8 rings (SSSR count). The second-order valence-electron chi connectivity index (χ2n) is 16.5. The summed E-state index contributed by atoms with van der Waals surface area (Å²) < 4.78 is 19.7. The van der Waals surface area contributed by atoms with Gasteiger partial charge in [0, 0.05) is 56.2 Å². The van der Waals surface area contributed by atoms with Crippen LogP contribution in [0.3, 0.4) is 0 Å². The van der Waals surface area contributed by atoms with Crippen LogP contribution >= 0.6 is 85.9 Å². The minimum absolute atomic E-state index is 0.167. The van der Waals surface area contributed by atoms with E-state index in [-0.39, 0.29) is 52.9 Å². The Hall–Kier alpha value is -8.04. The van der Waals surface area contributed by atoms with E-state index in [1.54, 1.807) is 90.8 Å². The molecular weight excluding hydrogens is 1290 g/mol. The number of rotatable bonds is 21. The summed E-state index contributed by atoms with van der Waals surface area (Å²) in [6, 6.07) is 42.2. The van der Waals surface area contributed by atoms with E-state index in [0.29, 0.717) is 49.5 Å². The van der Waals surface area contributed by atoms with Crippen LogP contribution in [0.5, 0.6) is 0 Å². The van der Waals surface area contributed by atoms with Crippen molar-refractivity contribution in [1.82, 2.24) is 15.0 Å². The molecule has 0 atom stereocenters. The molecule has 26 heteroatoms. The third-order valence-corrected chi connectivity index (χ3v) is 16.1. The van der Waals surface area contributed by atoms with E-state index < -0.39 is 23.9 Å². The maximum atomic E-state index is 12.0. The molecule has 0 spiro atoms. The van der Waals surface area contributed by atoms with Crippen molar-refractivity contribution >= 4 is 155 Å². The number of benzene rings is 4. The molecule has 446 valence electrons. The third-order valence-electron chi connectivity index (χ3n) is 10.6. The van der Waals surface area contributed by atoms with Crippen LogP contribution in [-0.4, -0.2) is 114 Å². The topological polar surface area (TPSA) is 260 Å². The number of anilines is 4. The number of carbonyl (C=O) groups is 8. The van der Waals surface area contributed by atoms with E-state index in [9.17, 15) is 38.4 Å². The maximum absolute atomic E-state index is 12.0. The predicted molar refractivity (Wildman–Crippen MR) is 343 cm³/mol. The lowest BCUT2D eigenvalue weighted by Crippen LogP contribution is -2.17. The zero-order chi connectivity index (χ0) is 62.1.